The second kappa shape index (κ2) is 7.10. The molecule has 13 heavy (non-hydrogen) atoms. The first-order valence-electron chi connectivity index (χ1n) is 3.98. The second-order valence-electron chi connectivity index (χ2n) is 2.02. The first-order valence-corrected chi connectivity index (χ1v) is 3.98. The van der Waals surface area contributed by atoms with E-state index < -0.39 is 5.97 Å². The summed E-state index contributed by atoms with van der Waals surface area (Å²) in [7, 11) is 0. The monoisotopic (exact) mass is 184 g/mol. The van der Waals surface area contributed by atoms with Crippen molar-refractivity contribution < 1.29 is 14.3 Å². The van der Waals surface area contributed by atoms with E-state index in [2.05, 4.69) is 9.73 Å². The van der Waals surface area contributed by atoms with Crippen LogP contribution in [0.5, 0.6) is 0 Å². The zero-order valence-electron chi connectivity index (χ0n) is 7.74. The highest BCUT2D eigenvalue weighted by Crippen LogP contribution is 1.93. The molecule has 0 saturated carbocycles. The third-order valence-corrected chi connectivity index (χ3v) is 1.09. The highest BCUT2D eigenvalue weighted by atomic mass is 16.5. The third kappa shape index (κ3) is 5.67. The van der Waals surface area contributed by atoms with Crippen molar-refractivity contribution in [3.63, 3.8) is 0 Å². The van der Waals surface area contributed by atoms with Gasteiger partial charge in [0.25, 0.3) is 0 Å². The standard InChI is InChI=1S/C8H12N2O3/c1-3-12-7(10-6-9)5-8(11)13-4-2/h3-5H2,1-2H3. The lowest BCUT2D eigenvalue weighted by molar-refractivity contribution is -0.141. The molecule has 5 nitrogen and oxygen atoms in total. The molecule has 72 valence electrons. The van der Waals surface area contributed by atoms with E-state index in [0.717, 1.165) is 0 Å². The van der Waals surface area contributed by atoms with Gasteiger partial charge in [-0.25, -0.2) is 0 Å². The Morgan fingerprint density at radius 1 is 1.38 bits per heavy atom. The summed E-state index contributed by atoms with van der Waals surface area (Å²) in [5, 5.41) is 8.24. The lowest BCUT2D eigenvalue weighted by atomic mass is 10.4. The quantitative estimate of drug-likeness (QED) is 0.281. The SMILES string of the molecule is CCOC(=O)CC(=NC#N)OCC. The summed E-state index contributed by atoms with van der Waals surface area (Å²) in [6.45, 7) is 4.14. The molecule has 0 unspecified atom stereocenters. The topological polar surface area (TPSA) is 71.7 Å². The smallest absolute Gasteiger partial charge is 0.315 e. The minimum absolute atomic E-state index is 0.0881. The highest BCUT2D eigenvalue weighted by Gasteiger charge is 2.08. The fourth-order valence-electron chi connectivity index (χ4n) is 0.681. The van der Waals surface area contributed by atoms with E-state index in [-0.39, 0.29) is 12.3 Å². The molecular weight excluding hydrogens is 172 g/mol. The van der Waals surface area contributed by atoms with Crippen molar-refractivity contribution in [2.24, 2.45) is 4.99 Å². The van der Waals surface area contributed by atoms with Crippen molar-refractivity contribution in [2.45, 2.75) is 20.3 Å². The number of rotatable bonds is 4. The summed E-state index contributed by atoms with van der Waals surface area (Å²) in [4.78, 5) is 14.2. The molecule has 0 radical (unpaired) electrons. The van der Waals surface area contributed by atoms with E-state index in [1.807, 2.05) is 0 Å². The van der Waals surface area contributed by atoms with Gasteiger partial charge in [0, 0.05) is 0 Å². The van der Waals surface area contributed by atoms with Gasteiger partial charge in [-0.15, -0.1) is 4.99 Å². The Kier molecular flexibility index (Phi) is 6.24. The fourth-order valence-corrected chi connectivity index (χ4v) is 0.681. The van der Waals surface area contributed by atoms with Gasteiger partial charge in [0.15, 0.2) is 0 Å². The predicted octanol–water partition coefficient (Wildman–Crippen LogP) is 0.856. The lowest BCUT2D eigenvalue weighted by Gasteiger charge is -2.04. The van der Waals surface area contributed by atoms with Gasteiger partial charge in [0.05, 0.1) is 13.2 Å². The van der Waals surface area contributed by atoms with E-state index in [1.54, 1.807) is 20.0 Å². The third-order valence-electron chi connectivity index (χ3n) is 1.09. The van der Waals surface area contributed by atoms with Gasteiger partial charge in [0.2, 0.25) is 12.1 Å². The van der Waals surface area contributed by atoms with Gasteiger partial charge >= 0.3 is 5.97 Å². The Balaban J connectivity index is 4.04. The Hall–Kier alpha value is -1.57. The Morgan fingerprint density at radius 2 is 2.00 bits per heavy atom. The van der Waals surface area contributed by atoms with Crippen LogP contribution in [0.3, 0.4) is 0 Å². The van der Waals surface area contributed by atoms with Gasteiger partial charge in [-0.2, -0.15) is 5.26 Å². The molecule has 0 aromatic carbocycles. The van der Waals surface area contributed by atoms with E-state index in [1.165, 1.54) is 0 Å². The maximum atomic E-state index is 10.9. The Morgan fingerprint density at radius 3 is 2.46 bits per heavy atom. The number of ether oxygens (including phenoxy) is 2. The first-order chi connectivity index (χ1) is 6.24. The van der Waals surface area contributed by atoms with Gasteiger partial charge in [0.1, 0.15) is 6.42 Å². The number of aliphatic imine (C=N–C) groups is 1. The number of esters is 1. The summed E-state index contributed by atoms with van der Waals surface area (Å²) < 4.78 is 9.58. The van der Waals surface area contributed by atoms with Crippen LogP contribution >= 0.6 is 0 Å². The van der Waals surface area contributed by atoms with Crippen molar-refractivity contribution in [1.29, 1.82) is 5.26 Å². The van der Waals surface area contributed by atoms with Crippen molar-refractivity contribution in [3.8, 4) is 6.19 Å². The van der Waals surface area contributed by atoms with Gasteiger partial charge in [-0.3, -0.25) is 4.79 Å². The maximum Gasteiger partial charge on any atom is 0.315 e. The van der Waals surface area contributed by atoms with Crippen LogP contribution in [0.15, 0.2) is 4.99 Å². The average Bonchev–Trinajstić information content (AvgIpc) is 2.05. The van der Waals surface area contributed by atoms with Crippen molar-refractivity contribution in [3.05, 3.63) is 0 Å². The first kappa shape index (κ1) is 11.4. The molecule has 0 aromatic rings. The molecule has 0 rings (SSSR count). The van der Waals surface area contributed by atoms with Crippen LogP contribution < -0.4 is 0 Å². The largest absolute Gasteiger partial charge is 0.480 e. The highest BCUT2D eigenvalue weighted by molar-refractivity contribution is 5.94. The van der Waals surface area contributed by atoms with Crippen LogP contribution in [-0.4, -0.2) is 25.1 Å². The van der Waals surface area contributed by atoms with Crippen LogP contribution in [0.25, 0.3) is 0 Å². The summed E-state index contributed by atoms with van der Waals surface area (Å²) in [5.41, 5.74) is 0. The second-order valence-corrected chi connectivity index (χ2v) is 2.02. The van der Waals surface area contributed by atoms with Gasteiger partial charge < -0.3 is 9.47 Å². The number of nitriles is 1. The minimum Gasteiger partial charge on any atom is -0.480 e. The van der Waals surface area contributed by atoms with E-state index in [9.17, 15) is 4.79 Å². The summed E-state index contributed by atoms with van der Waals surface area (Å²) in [6.07, 6.45) is 1.47. The Labute approximate surface area is 77.0 Å². The van der Waals surface area contributed by atoms with Gasteiger partial charge in [-0.05, 0) is 13.8 Å². The molecular formula is C8H12N2O3. The van der Waals surface area contributed by atoms with E-state index in [4.69, 9.17) is 10.00 Å². The number of carbonyl (C=O) groups excluding carboxylic acids is 1. The van der Waals surface area contributed by atoms with Crippen molar-refractivity contribution in [1.82, 2.24) is 0 Å². The van der Waals surface area contributed by atoms with Crippen LogP contribution in [0.1, 0.15) is 20.3 Å². The normalized spacial score (nSPS) is 10.4. The van der Waals surface area contributed by atoms with Crippen LogP contribution in [0.4, 0.5) is 0 Å². The molecule has 0 saturated heterocycles. The molecule has 0 aliphatic rings. The molecule has 0 aliphatic carbocycles. The Bertz CT molecular complexity index is 230. The fraction of sp³-hybridized carbons (Fsp3) is 0.625. The molecule has 0 aliphatic heterocycles. The summed E-state index contributed by atoms with van der Waals surface area (Å²) in [6, 6.07) is 0. The lowest BCUT2D eigenvalue weighted by Crippen LogP contribution is -2.13. The number of carbonyl (C=O) groups is 1. The molecule has 0 aromatic heterocycles. The van der Waals surface area contributed by atoms with Crippen LogP contribution in [0, 0.1) is 11.5 Å². The molecule has 5 heteroatoms. The molecule has 0 fully saturated rings. The van der Waals surface area contributed by atoms with Crippen molar-refractivity contribution in [2.75, 3.05) is 13.2 Å². The van der Waals surface area contributed by atoms with Crippen molar-refractivity contribution >= 4 is 11.9 Å². The minimum atomic E-state index is -0.440. The maximum absolute atomic E-state index is 10.9. The van der Waals surface area contributed by atoms with E-state index in [0.29, 0.717) is 13.2 Å². The summed E-state index contributed by atoms with van der Waals surface area (Å²) >= 11 is 0. The molecule has 0 spiro atoms. The molecule has 0 amide bonds. The number of nitrogens with zero attached hydrogens (tertiary/aromatic N) is 2. The molecule has 0 N–H and O–H groups in total. The van der Waals surface area contributed by atoms with Gasteiger partial charge in [-0.1, -0.05) is 0 Å². The predicted molar refractivity (Wildman–Crippen MR) is 45.9 cm³/mol. The zero-order chi connectivity index (χ0) is 10.1. The zero-order valence-corrected chi connectivity index (χ0v) is 7.74. The summed E-state index contributed by atoms with van der Waals surface area (Å²) in [5.74, 6) is -0.339. The molecule has 0 heterocycles. The number of hydrogen-bond donors (Lipinski definition) is 0. The average molecular weight is 184 g/mol. The van der Waals surface area contributed by atoms with E-state index >= 15 is 0 Å². The molecule has 0 bridgehead atoms. The number of hydrogen-bond acceptors (Lipinski definition) is 5. The molecule has 0 atom stereocenters. The van der Waals surface area contributed by atoms with Crippen LogP contribution in [-0.2, 0) is 14.3 Å². The van der Waals surface area contributed by atoms with Crippen LogP contribution in [0.2, 0.25) is 0 Å².